The minimum absolute atomic E-state index is 0.111. The summed E-state index contributed by atoms with van der Waals surface area (Å²) in [4.78, 5) is 12.2. The molecule has 0 unspecified atom stereocenters. The summed E-state index contributed by atoms with van der Waals surface area (Å²) in [6, 6.07) is 4.05. The summed E-state index contributed by atoms with van der Waals surface area (Å²) in [5.74, 6) is -0.111. The van der Waals surface area contributed by atoms with E-state index >= 15 is 0 Å². The van der Waals surface area contributed by atoms with E-state index < -0.39 is 0 Å². The van der Waals surface area contributed by atoms with Crippen molar-refractivity contribution in [1.29, 1.82) is 0 Å². The Balaban J connectivity index is 1.78. The maximum absolute atomic E-state index is 12.2. The van der Waals surface area contributed by atoms with Crippen molar-refractivity contribution in [1.82, 2.24) is 10.2 Å². The van der Waals surface area contributed by atoms with Crippen LogP contribution in [0, 0.1) is 13.8 Å². The number of benzene rings is 1. The fourth-order valence-electron chi connectivity index (χ4n) is 2.31. The first kappa shape index (κ1) is 14.7. The number of aryl methyl sites for hydroxylation is 3. The molecule has 5 nitrogen and oxygen atoms in total. The average Bonchev–Trinajstić information content (AvgIpc) is 3.10. The molecule has 0 saturated carbocycles. The van der Waals surface area contributed by atoms with E-state index in [9.17, 15) is 4.79 Å². The van der Waals surface area contributed by atoms with E-state index in [1.807, 2.05) is 32.9 Å². The van der Waals surface area contributed by atoms with E-state index in [1.165, 1.54) is 16.9 Å². The summed E-state index contributed by atoms with van der Waals surface area (Å²) < 4.78 is 5.63. The van der Waals surface area contributed by atoms with Crippen molar-refractivity contribution in [3.05, 3.63) is 40.1 Å². The molecule has 0 radical (unpaired) electrons. The van der Waals surface area contributed by atoms with E-state index in [0.717, 1.165) is 33.5 Å². The second kappa shape index (κ2) is 5.88. The van der Waals surface area contributed by atoms with Gasteiger partial charge in [0, 0.05) is 10.9 Å². The molecule has 2 aromatic heterocycles. The van der Waals surface area contributed by atoms with Crippen LogP contribution in [0.25, 0.3) is 11.0 Å². The third kappa shape index (κ3) is 2.74. The van der Waals surface area contributed by atoms with Crippen molar-refractivity contribution >= 4 is 33.3 Å². The average molecular weight is 315 g/mol. The van der Waals surface area contributed by atoms with Crippen LogP contribution in [0.4, 0.5) is 5.13 Å². The molecule has 1 aromatic carbocycles. The minimum Gasteiger partial charge on any atom is -0.464 e. The molecule has 0 fully saturated rings. The first-order valence-corrected chi connectivity index (χ1v) is 7.98. The lowest BCUT2D eigenvalue weighted by Gasteiger charge is -2.02. The lowest BCUT2D eigenvalue weighted by atomic mass is 10.0. The zero-order chi connectivity index (χ0) is 15.7. The van der Waals surface area contributed by atoms with Crippen LogP contribution in [-0.2, 0) is 17.6 Å². The van der Waals surface area contributed by atoms with E-state index in [1.54, 1.807) is 6.26 Å². The van der Waals surface area contributed by atoms with Crippen LogP contribution in [0.1, 0.15) is 28.6 Å². The molecule has 0 atom stereocenters. The summed E-state index contributed by atoms with van der Waals surface area (Å²) >= 11 is 1.40. The van der Waals surface area contributed by atoms with Gasteiger partial charge in [0.1, 0.15) is 10.6 Å². The number of fused-ring (bicyclic) bond motifs is 1. The number of furan rings is 1. The monoisotopic (exact) mass is 315 g/mol. The number of nitrogens with zero attached hydrogens (tertiary/aromatic N) is 2. The first-order valence-electron chi connectivity index (χ1n) is 7.17. The molecule has 0 saturated heterocycles. The SMILES string of the molecule is CCc1nnc(NC(=O)Cc2coc3c(C)c(C)ccc23)s1. The fraction of sp³-hybridized carbons (Fsp3) is 0.312. The van der Waals surface area contributed by atoms with Gasteiger partial charge in [0.05, 0.1) is 12.7 Å². The highest BCUT2D eigenvalue weighted by atomic mass is 32.1. The second-order valence-corrected chi connectivity index (χ2v) is 6.29. The predicted octanol–water partition coefficient (Wildman–Crippen LogP) is 3.64. The molecule has 0 aliphatic carbocycles. The fourth-order valence-corrected chi connectivity index (χ4v) is 3.00. The lowest BCUT2D eigenvalue weighted by Crippen LogP contribution is -2.14. The minimum atomic E-state index is -0.111. The van der Waals surface area contributed by atoms with Crippen LogP contribution in [0.2, 0.25) is 0 Å². The zero-order valence-corrected chi connectivity index (χ0v) is 13.6. The van der Waals surface area contributed by atoms with Gasteiger partial charge in [-0.1, -0.05) is 30.4 Å². The lowest BCUT2D eigenvalue weighted by molar-refractivity contribution is -0.115. The Hall–Kier alpha value is -2.21. The number of hydrogen-bond donors (Lipinski definition) is 1. The van der Waals surface area contributed by atoms with Gasteiger partial charge in [0.15, 0.2) is 0 Å². The highest BCUT2D eigenvalue weighted by Crippen LogP contribution is 2.27. The Morgan fingerprint density at radius 2 is 2.14 bits per heavy atom. The quantitative estimate of drug-likeness (QED) is 0.798. The first-order chi connectivity index (χ1) is 10.6. The van der Waals surface area contributed by atoms with Gasteiger partial charge in [-0.15, -0.1) is 10.2 Å². The van der Waals surface area contributed by atoms with Gasteiger partial charge in [0.25, 0.3) is 0 Å². The molecule has 0 aliphatic rings. The van der Waals surface area contributed by atoms with Crippen LogP contribution < -0.4 is 5.32 Å². The molecule has 22 heavy (non-hydrogen) atoms. The Kier molecular flexibility index (Phi) is 3.94. The Morgan fingerprint density at radius 1 is 1.32 bits per heavy atom. The third-order valence-electron chi connectivity index (χ3n) is 3.71. The Bertz CT molecular complexity index is 835. The standard InChI is InChI=1S/C16H17N3O2S/c1-4-14-18-19-16(22-14)17-13(20)7-11-8-21-15-10(3)9(2)5-6-12(11)15/h5-6,8H,4,7H2,1-3H3,(H,17,19,20). The molecule has 0 spiro atoms. The molecule has 1 amide bonds. The van der Waals surface area contributed by atoms with E-state index in [0.29, 0.717) is 5.13 Å². The highest BCUT2D eigenvalue weighted by Gasteiger charge is 2.14. The van der Waals surface area contributed by atoms with Crippen molar-refractivity contribution in [2.24, 2.45) is 0 Å². The number of aromatic nitrogens is 2. The van der Waals surface area contributed by atoms with Gasteiger partial charge < -0.3 is 9.73 Å². The molecule has 114 valence electrons. The topological polar surface area (TPSA) is 68.0 Å². The number of nitrogens with one attached hydrogen (secondary N) is 1. The number of hydrogen-bond acceptors (Lipinski definition) is 5. The summed E-state index contributed by atoms with van der Waals surface area (Å²) in [5.41, 5.74) is 4.03. The third-order valence-corrected chi connectivity index (χ3v) is 4.69. The number of carbonyl (C=O) groups is 1. The number of rotatable bonds is 4. The molecule has 3 rings (SSSR count). The normalized spacial score (nSPS) is 11.0. The molecular weight excluding hydrogens is 298 g/mol. The van der Waals surface area contributed by atoms with Crippen molar-refractivity contribution < 1.29 is 9.21 Å². The van der Waals surface area contributed by atoms with Gasteiger partial charge >= 0.3 is 0 Å². The molecule has 2 heterocycles. The van der Waals surface area contributed by atoms with Crippen molar-refractivity contribution in [2.75, 3.05) is 5.32 Å². The number of amides is 1. The summed E-state index contributed by atoms with van der Waals surface area (Å²) in [5, 5.41) is 13.2. The molecule has 0 bridgehead atoms. The Labute approximate surface area is 132 Å². The zero-order valence-electron chi connectivity index (χ0n) is 12.8. The molecule has 1 N–H and O–H groups in total. The summed E-state index contributed by atoms with van der Waals surface area (Å²) in [7, 11) is 0. The smallest absolute Gasteiger partial charge is 0.230 e. The van der Waals surface area contributed by atoms with E-state index in [4.69, 9.17) is 4.42 Å². The largest absolute Gasteiger partial charge is 0.464 e. The van der Waals surface area contributed by atoms with E-state index in [-0.39, 0.29) is 12.3 Å². The van der Waals surface area contributed by atoms with Crippen LogP contribution in [0.15, 0.2) is 22.8 Å². The van der Waals surface area contributed by atoms with E-state index in [2.05, 4.69) is 15.5 Å². The maximum atomic E-state index is 12.2. The van der Waals surface area contributed by atoms with Crippen LogP contribution in [-0.4, -0.2) is 16.1 Å². The molecule has 6 heteroatoms. The second-order valence-electron chi connectivity index (χ2n) is 5.22. The number of anilines is 1. The van der Waals surface area contributed by atoms with Gasteiger partial charge in [-0.05, 0) is 31.4 Å². The molecule has 0 aliphatic heterocycles. The van der Waals surface area contributed by atoms with Crippen LogP contribution in [0.5, 0.6) is 0 Å². The molecular formula is C16H17N3O2S. The van der Waals surface area contributed by atoms with Crippen LogP contribution >= 0.6 is 11.3 Å². The van der Waals surface area contributed by atoms with Crippen molar-refractivity contribution in [3.8, 4) is 0 Å². The predicted molar refractivity (Wildman–Crippen MR) is 87.3 cm³/mol. The maximum Gasteiger partial charge on any atom is 0.230 e. The highest BCUT2D eigenvalue weighted by molar-refractivity contribution is 7.15. The Morgan fingerprint density at radius 3 is 2.86 bits per heavy atom. The van der Waals surface area contributed by atoms with Gasteiger partial charge in [-0.25, -0.2) is 0 Å². The summed E-state index contributed by atoms with van der Waals surface area (Å²) in [6.45, 7) is 6.08. The van der Waals surface area contributed by atoms with Crippen molar-refractivity contribution in [2.45, 2.75) is 33.6 Å². The van der Waals surface area contributed by atoms with Crippen molar-refractivity contribution in [3.63, 3.8) is 0 Å². The molecule has 3 aromatic rings. The summed E-state index contributed by atoms with van der Waals surface area (Å²) in [6.07, 6.45) is 2.74. The number of carbonyl (C=O) groups excluding carboxylic acids is 1. The van der Waals surface area contributed by atoms with Gasteiger partial charge in [0.2, 0.25) is 11.0 Å². The van der Waals surface area contributed by atoms with Crippen LogP contribution in [0.3, 0.4) is 0 Å². The van der Waals surface area contributed by atoms with Gasteiger partial charge in [-0.3, -0.25) is 4.79 Å². The van der Waals surface area contributed by atoms with Gasteiger partial charge in [-0.2, -0.15) is 0 Å².